The molecule has 0 bridgehead atoms. The standard InChI is InChI=1S/C25H30N4O5S3/c1-4-7-16-28(17-8-5-2)37(33,34)20-11-9-19(10-12-20)24(30)27-25-29(15-6-3)22-14-13-21(36(26,31)32)18-23(22)35-25/h3,9-14,18H,4-5,7-8,15-17H2,1-2H3,(H2,26,31,32). The average molecular weight is 563 g/mol. The minimum atomic E-state index is -3.90. The van der Waals surface area contributed by atoms with Crippen LogP contribution in [-0.4, -0.2) is 44.7 Å². The molecular weight excluding hydrogens is 532 g/mol. The number of unbranched alkanes of at least 4 members (excludes halogenated alkanes) is 2. The van der Waals surface area contributed by atoms with E-state index in [4.69, 9.17) is 11.6 Å². The van der Waals surface area contributed by atoms with Crippen molar-refractivity contribution in [1.29, 1.82) is 0 Å². The molecule has 1 amide bonds. The van der Waals surface area contributed by atoms with E-state index in [1.54, 1.807) is 10.6 Å². The summed E-state index contributed by atoms with van der Waals surface area (Å²) in [6.45, 7) is 5.03. The molecule has 1 aromatic heterocycles. The van der Waals surface area contributed by atoms with Gasteiger partial charge in [0.15, 0.2) is 4.80 Å². The van der Waals surface area contributed by atoms with Crippen LogP contribution in [0.15, 0.2) is 57.2 Å². The lowest BCUT2D eigenvalue weighted by molar-refractivity contribution is 0.0997. The quantitative estimate of drug-likeness (QED) is 0.358. The van der Waals surface area contributed by atoms with Crippen molar-refractivity contribution in [1.82, 2.24) is 8.87 Å². The molecule has 9 nitrogen and oxygen atoms in total. The van der Waals surface area contributed by atoms with Crippen LogP contribution in [0.2, 0.25) is 0 Å². The number of sulfonamides is 2. The van der Waals surface area contributed by atoms with Crippen LogP contribution in [0.25, 0.3) is 10.2 Å². The first-order valence-electron chi connectivity index (χ1n) is 11.8. The monoisotopic (exact) mass is 562 g/mol. The van der Waals surface area contributed by atoms with Crippen LogP contribution in [-0.2, 0) is 26.6 Å². The summed E-state index contributed by atoms with van der Waals surface area (Å²) in [7, 11) is -7.59. The number of hydrogen-bond acceptors (Lipinski definition) is 6. The number of benzene rings is 2. The summed E-state index contributed by atoms with van der Waals surface area (Å²) in [5.74, 6) is 1.93. The Kier molecular flexibility index (Phi) is 9.44. The molecule has 2 N–H and O–H groups in total. The fourth-order valence-corrected chi connectivity index (χ4v) is 6.85. The van der Waals surface area contributed by atoms with Gasteiger partial charge in [0.05, 0.1) is 26.6 Å². The van der Waals surface area contributed by atoms with Crippen molar-refractivity contribution in [2.24, 2.45) is 10.1 Å². The van der Waals surface area contributed by atoms with Gasteiger partial charge in [-0.25, -0.2) is 22.0 Å². The minimum absolute atomic E-state index is 0.0595. The molecule has 3 aromatic rings. The number of fused-ring (bicyclic) bond motifs is 1. The summed E-state index contributed by atoms with van der Waals surface area (Å²) in [4.78, 5) is 17.5. The molecule has 0 aliphatic heterocycles. The van der Waals surface area contributed by atoms with Gasteiger partial charge in [0.2, 0.25) is 20.0 Å². The summed E-state index contributed by atoms with van der Waals surface area (Å²) in [5.41, 5.74) is 0.824. The van der Waals surface area contributed by atoms with Crippen molar-refractivity contribution in [2.45, 2.75) is 55.9 Å². The Hall–Kier alpha value is -2.82. The number of carbonyl (C=O) groups excluding carboxylic acids is 1. The van der Waals surface area contributed by atoms with Crippen LogP contribution in [0.5, 0.6) is 0 Å². The topological polar surface area (TPSA) is 132 Å². The molecule has 1 heterocycles. The third-order valence-corrected chi connectivity index (χ3v) is 9.56. The van der Waals surface area contributed by atoms with Gasteiger partial charge >= 0.3 is 0 Å². The molecule has 0 aliphatic carbocycles. The maximum Gasteiger partial charge on any atom is 0.279 e. The van der Waals surface area contributed by atoms with Gasteiger partial charge < -0.3 is 4.57 Å². The zero-order valence-corrected chi connectivity index (χ0v) is 23.2. The van der Waals surface area contributed by atoms with Gasteiger partial charge in [-0.3, -0.25) is 4.79 Å². The highest BCUT2D eigenvalue weighted by Crippen LogP contribution is 2.22. The normalized spacial score (nSPS) is 12.8. The smallest absolute Gasteiger partial charge is 0.279 e. The lowest BCUT2D eigenvalue weighted by Gasteiger charge is -2.22. The molecule has 2 aromatic carbocycles. The van der Waals surface area contributed by atoms with Crippen LogP contribution in [0.3, 0.4) is 0 Å². The van der Waals surface area contributed by atoms with E-state index in [1.165, 1.54) is 40.7 Å². The molecule has 0 fully saturated rings. The van der Waals surface area contributed by atoms with Crippen LogP contribution in [0.1, 0.15) is 49.9 Å². The lowest BCUT2D eigenvalue weighted by Crippen LogP contribution is -2.33. The second kappa shape index (κ2) is 12.1. The Labute approximate surface area is 221 Å². The molecule has 0 saturated carbocycles. The van der Waals surface area contributed by atoms with Crippen LogP contribution in [0.4, 0.5) is 0 Å². The van der Waals surface area contributed by atoms with Crippen molar-refractivity contribution in [3.8, 4) is 12.3 Å². The summed E-state index contributed by atoms with van der Waals surface area (Å²) in [6, 6.07) is 10.1. The van der Waals surface area contributed by atoms with Crippen LogP contribution >= 0.6 is 11.3 Å². The number of amides is 1. The minimum Gasteiger partial charge on any atom is -0.305 e. The van der Waals surface area contributed by atoms with Gasteiger partial charge in [-0.1, -0.05) is 43.9 Å². The van der Waals surface area contributed by atoms with Crippen molar-refractivity contribution < 1.29 is 21.6 Å². The lowest BCUT2D eigenvalue weighted by atomic mass is 10.2. The van der Waals surface area contributed by atoms with Crippen LogP contribution < -0.4 is 9.94 Å². The van der Waals surface area contributed by atoms with Gasteiger partial charge in [0, 0.05) is 18.7 Å². The second-order valence-corrected chi connectivity index (χ2v) is 12.9. The van der Waals surface area contributed by atoms with Crippen molar-refractivity contribution in [3.63, 3.8) is 0 Å². The van der Waals surface area contributed by atoms with E-state index in [1.807, 2.05) is 13.8 Å². The number of carbonyl (C=O) groups is 1. The number of aromatic nitrogens is 1. The fraction of sp³-hybridized carbons (Fsp3) is 0.360. The molecule has 12 heteroatoms. The van der Waals surface area contributed by atoms with Gasteiger partial charge in [0.25, 0.3) is 5.91 Å². The Bertz CT molecular complexity index is 1590. The van der Waals surface area contributed by atoms with E-state index in [2.05, 4.69) is 10.9 Å². The number of hydrogen-bond donors (Lipinski definition) is 1. The van der Waals surface area contributed by atoms with Crippen molar-refractivity contribution in [2.75, 3.05) is 13.1 Å². The van der Waals surface area contributed by atoms with E-state index in [0.717, 1.165) is 37.0 Å². The molecule has 0 aliphatic rings. The Morgan fingerprint density at radius 2 is 1.62 bits per heavy atom. The number of nitrogens with two attached hydrogens (primary N) is 1. The highest BCUT2D eigenvalue weighted by atomic mass is 32.2. The Morgan fingerprint density at radius 3 is 2.16 bits per heavy atom. The number of terminal acetylenes is 1. The largest absolute Gasteiger partial charge is 0.305 e. The highest BCUT2D eigenvalue weighted by Gasteiger charge is 2.24. The van der Waals surface area contributed by atoms with E-state index in [0.29, 0.717) is 23.3 Å². The molecule has 0 atom stereocenters. The van der Waals surface area contributed by atoms with E-state index in [-0.39, 0.29) is 26.7 Å². The van der Waals surface area contributed by atoms with Gasteiger partial charge in [-0.05, 0) is 55.3 Å². The first-order valence-corrected chi connectivity index (χ1v) is 15.6. The number of thiazole rings is 1. The fourth-order valence-electron chi connectivity index (χ4n) is 3.65. The van der Waals surface area contributed by atoms with Crippen LogP contribution in [0, 0.1) is 12.3 Å². The first kappa shape index (κ1) is 28.7. The molecule has 37 heavy (non-hydrogen) atoms. The van der Waals surface area contributed by atoms with Crippen molar-refractivity contribution >= 4 is 47.5 Å². The molecule has 198 valence electrons. The summed E-state index contributed by atoms with van der Waals surface area (Å²) in [5, 5.41) is 5.23. The maximum absolute atomic E-state index is 13.2. The third-order valence-electron chi connectivity index (χ3n) is 5.69. The Morgan fingerprint density at radius 1 is 1.03 bits per heavy atom. The molecule has 0 spiro atoms. The van der Waals surface area contributed by atoms with E-state index in [9.17, 15) is 21.6 Å². The van der Waals surface area contributed by atoms with E-state index >= 15 is 0 Å². The third kappa shape index (κ3) is 6.74. The summed E-state index contributed by atoms with van der Waals surface area (Å²) < 4.78 is 53.5. The number of nitrogens with zero attached hydrogens (tertiary/aromatic N) is 3. The predicted molar refractivity (Wildman–Crippen MR) is 145 cm³/mol. The first-order chi connectivity index (χ1) is 17.5. The van der Waals surface area contributed by atoms with Gasteiger partial charge in [0.1, 0.15) is 0 Å². The maximum atomic E-state index is 13.2. The molecule has 0 unspecified atom stereocenters. The summed E-state index contributed by atoms with van der Waals surface area (Å²) in [6.07, 6.45) is 8.79. The average Bonchev–Trinajstić information content (AvgIpc) is 3.19. The SMILES string of the molecule is C#CCn1c(=NC(=O)c2ccc(S(=O)(=O)N(CCCC)CCCC)cc2)sc2cc(S(N)(=O)=O)ccc21. The number of primary sulfonamides is 1. The van der Waals surface area contributed by atoms with Gasteiger partial charge in [-0.2, -0.15) is 9.30 Å². The molecule has 0 saturated heterocycles. The molecule has 0 radical (unpaired) electrons. The zero-order chi connectivity index (χ0) is 27.2. The zero-order valence-electron chi connectivity index (χ0n) is 20.8. The summed E-state index contributed by atoms with van der Waals surface area (Å²) >= 11 is 1.10. The second-order valence-electron chi connectivity index (χ2n) is 8.40. The van der Waals surface area contributed by atoms with Gasteiger partial charge in [-0.15, -0.1) is 6.42 Å². The predicted octanol–water partition coefficient (Wildman–Crippen LogP) is 3.32. The molecular formula is C25H30N4O5S3. The van der Waals surface area contributed by atoms with Crippen molar-refractivity contribution in [3.05, 3.63) is 52.8 Å². The highest BCUT2D eigenvalue weighted by molar-refractivity contribution is 7.89. The Balaban J connectivity index is 1.96. The molecule has 3 rings (SSSR count). The van der Waals surface area contributed by atoms with E-state index < -0.39 is 26.0 Å². The number of rotatable bonds is 11.